The van der Waals surface area contributed by atoms with E-state index in [0.717, 1.165) is 49.4 Å². The maximum Gasteiger partial charge on any atom is 0.224 e. The Kier molecular flexibility index (Phi) is 4.65. The molecule has 1 amide bonds. The number of rotatable bonds is 5. The van der Waals surface area contributed by atoms with E-state index in [4.69, 9.17) is 0 Å². The van der Waals surface area contributed by atoms with Crippen molar-refractivity contribution in [1.29, 1.82) is 0 Å². The van der Waals surface area contributed by atoms with Crippen LogP contribution < -0.4 is 10.6 Å². The minimum atomic E-state index is 0.114. The molecule has 5 heteroatoms. The third-order valence-corrected chi connectivity index (χ3v) is 4.21. The molecule has 0 bridgehead atoms. The summed E-state index contributed by atoms with van der Waals surface area (Å²) in [5.74, 6) is 0.114. The Bertz CT molecular complexity index is 705. The van der Waals surface area contributed by atoms with Crippen molar-refractivity contribution in [3.05, 3.63) is 41.2 Å². The van der Waals surface area contributed by atoms with Crippen LogP contribution in [0.5, 0.6) is 0 Å². The van der Waals surface area contributed by atoms with Gasteiger partial charge < -0.3 is 10.6 Å². The summed E-state index contributed by atoms with van der Waals surface area (Å²) < 4.78 is 2.01. The van der Waals surface area contributed by atoms with E-state index in [1.807, 2.05) is 16.8 Å². The highest BCUT2D eigenvalue weighted by Crippen LogP contribution is 2.25. The Labute approximate surface area is 137 Å². The van der Waals surface area contributed by atoms with Crippen molar-refractivity contribution in [3.63, 3.8) is 0 Å². The standard InChI is InChI=1S/C18H24N4O/c1-3-9-22-12-15(13(2)21-22)11-19-16-7-8-17-14(10-16)5-4-6-18(23)20-17/h7-8,10,12,19H,3-6,9,11H2,1-2H3,(H,20,23). The van der Waals surface area contributed by atoms with E-state index >= 15 is 0 Å². The lowest BCUT2D eigenvalue weighted by Gasteiger charge is -2.11. The maximum atomic E-state index is 11.6. The molecule has 122 valence electrons. The Balaban J connectivity index is 1.69. The van der Waals surface area contributed by atoms with Gasteiger partial charge in [0.15, 0.2) is 0 Å². The van der Waals surface area contributed by atoms with E-state index in [9.17, 15) is 4.79 Å². The molecule has 2 N–H and O–H groups in total. The van der Waals surface area contributed by atoms with Crippen molar-refractivity contribution in [2.45, 2.75) is 52.6 Å². The molecule has 1 aromatic heterocycles. The van der Waals surface area contributed by atoms with Gasteiger partial charge in [-0.25, -0.2) is 0 Å². The summed E-state index contributed by atoms with van der Waals surface area (Å²) in [5.41, 5.74) is 5.54. The SMILES string of the molecule is CCCn1cc(CNc2ccc3c(c2)CCCC(=O)N3)c(C)n1. The van der Waals surface area contributed by atoms with Crippen LogP contribution in [0.3, 0.4) is 0 Å². The minimum absolute atomic E-state index is 0.114. The molecule has 0 aliphatic carbocycles. The summed E-state index contributed by atoms with van der Waals surface area (Å²) in [6, 6.07) is 6.16. The minimum Gasteiger partial charge on any atom is -0.381 e. The number of carbonyl (C=O) groups excluding carboxylic acids is 1. The van der Waals surface area contributed by atoms with Crippen LogP contribution in [0.25, 0.3) is 0 Å². The lowest BCUT2D eigenvalue weighted by Crippen LogP contribution is -2.09. The van der Waals surface area contributed by atoms with E-state index < -0.39 is 0 Å². The van der Waals surface area contributed by atoms with Crippen molar-refractivity contribution in [3.8, 4) is 0 Å². The van der Waals surface area contributed by atoms with Crippen molar-refractivity contribution in [2.24, 2.45) is 0 Å². The highest BCUT2D eigenvalue weighted by molar-refractivity contribution is 5.92. The van der Waals surface area contributed by atoms with Crippen molar-refractivity contribution < 1.29 is 4.79 Å². The Morgan fingerprint density at radius 2 is 2.22 bits per heavy atom. The third kappa shape index (κ3) is 3.73. The lowest BCUT2D eigenvalue weighted by atomic mass is 10.1. The van der Waals surface area contributed by atoms with E-state index in [1.54, 1.807) is 0 Å². The van der Waals surface area contributed by atoms with Crippen molar-refractivity contribution >= 4 is 17.3 Å². The van der Waals surface area contributed by atoms with Crippen LogP contribution in [0.2, 0.25) is 0 Å². The molecule has 23 heavy (non-hydrogen) atoms. The number of fused-ring (bicyclic) bond motifs is 1. The molecule has 2 aromatic rings. The first kappa shape index (κ1) is 15.6. The number of aryl methyl sites for hydroxylation is 3. The van der Waals surface area contributed by atoms with Gasteiger partial charge in [-0.1, -0.05) is 6.92 Å². The first-order chi connectivity index (χ1) is 11.2. The Hall–Kier alpha value is -2.30. The number of amides is 1. The van der Waals surface area contributed by atoms with Gasteiger partial charge in [0, 0.05) is 42.6 Å². The van der Waals surface area contributed by atoms with Gasteiger partial charge in [0.25, 0.3) is 0 Å². The number of hydrogen-bond acceptors (Lipinski definition) is 3. The molecule has 2 heterocycles. The summed E-state index contributed by atoms with van der Waals surface area (Å²) in [4.78, 5) is 11.6. The molecule has 0 saturated heterocycles. The van der Waals surface area contributed by atoms with Crippen LogP contribution in [0.1, 0.15) is 43.0 Å². The smallest absolute Gasteiger partial charge is 0.224 e. The maximum absolute atomic E-state index is 11.6. The van der Waals surface area contributed by atoms with Gasteiger partial charge in [-0.05, 0) is 49.9 Å². The molecule has 1 aliphatic rings. The third-order valence-electron chi connectivity index (χ3n) is 4.21. The van der Waals surface area contributed by atoms with E-state index in [1.165, 1.54) is 11.1 Å². The summed E-state index contributed by atoms with van der Waals surface area (Å²) in [5, 5.41) is 11.0. The quantitative estimate of drug-likeness (QED) is 0.888. The zero-order valence-corrected chi connectivity index (χ0v) is 13.9. The first-order valence-corrected chi connectivity index (χ1v) is 8.35. The molecule has 0 fully saturated rings. The van der Waals surface area contributed by atoms with Crippen LogP contribution in [-0.4, -0.2) is 15.7 Å². The molecule has 1 aromatic carbocycles. The molecule has 1 aliphatic heterocycles. The van der Waals surface area contributed by atoms with Gasteiger partial charge in [0.05, 0.1) is 5.69 Å². The first-order valence-electron chi connectivity index (χ1n) is 8.35. The predicted octanol–water partition coefficient (Wildman–Crippen LogP) is 3.49. The summed E-state index contributed by atoms with van der Waals surface area (Å²) in [6.07, 6.45) is 5.66. The van der Waals surface area contributed by atoms with E-state index in [-0.39, 0.29) is 5.91 Å². The fraction of sp³-hybridized carbons (Fsp3) is 0.444. The van der Waals surface area contributed by atoms with Gasteiger partial charge >= 0.3 is 0 Å². The van der Waals surface area contributed by atoms with Gasteiger partial charge in [-0.15, -0.1) is 0 Å². The second-order valence-electron chi connectivity index (χ2n) is 6.13. The fourth-order valence-corrected chi connectivity index (χ4v) is 2.96. The van der Waals surface area contributed by atoms with Gasteiger partial charge in [-0.2, -0.15) is 5.10 Å². The number of benzene rings is 1. The van der Waals surface area contributed by atoms with Crippen LogP contribution >= 0.6 is 0 Å². The second-order valence-corrected chi connectivity index (χ2v) is 6.13. The molecule has 3 rings (SSSR count). The van der Waals surface area contributed by atoms with Crippen molar-refractivity contribution in [2.75, 3.05) is 10.6 Å². The van der Waals surface area contributed by atoms with Gasteiger partial charge in [0.1, 0.15) is 0 Å². The second kappa shape index (κ2) is 6.86. The highest BCUT2D eigenvalue weighted by Gasteiger charge is 2.13. The molecular weight excluding hydrogens is 288 g/mol. The van der Waals surface area contributed by atoms with Crippen LogP contribution in [0.4, 0.5) is 11.4 Å². The monoisotopic (exact) mass is 312 g/mol. The number of nitrogens with zero attached hydrogens (tertiary/aromatic N) is 2. The zero-order chi connectivity index (χ0) is 16.2. The fourth-order valence-electron chi connectivity index (χ4n) is 2.96. The Morgan fingerprint density at radius 3 is 3.04 bits per heavy atom. The topological polar surface area (TPSA) is 59.0 Å². The summed E-state index contributed by atoms with van der Waals surface area (Å²) >= 11 is 0. The molecular formula is C18H24N4O. The van der Waals surface area contributed by atoms with Crippen LogP contribution in [0.15, 0.2) is 24.4 Å². The van der Waals surface area contributed by atoms with Crippen LogP contribution in [0, 0.1) is 6.92 Å². The highest BCUT2D eigenvalue weighted by atomic mass is 16.1. The molecule has 0 spiro atoms. The molecule has 0 saturated carbocycles. The van der Waals surface area contributed by atoms with E-state index in [0.29, 0.717) is 6.42 Å². The van der Waals surface area contributed by atoms with E-state index in [2.05, 4.69) is 41.8 Å². The molecule has 0 atom stereocenters. The average Bonchev–Trinajstić information content (AvgIpc) is 2.75. The normalized spacial score (nSPS) is 14.1. The Morgan fingerprint density at radius 1 is 1.35 bits per heavy atom. The zero-order valence-electron chi connectivity index (χ0n) is 13.9. The number of anilines is 2. The number of hydrogen-bond donors (Lipinski definition) is 2. The van der Waals surface area contributed by atoms with Gasteiger partial charge in [0.2, 0.25) is 5.91 Å². The van der Waals surface area contributed by atoms with Crippen molar-refractivity contribution in [1.82, 2.24) is 9.78 Å². The summed E-state index contributed by atoms with van der Waals surface area (Å²) in [6.45, 7) is 5.93. The number of nitrogens with one attached hydrogen (secondary N) is 2. The lowest BCUT2D eigenvalue weighted by molar-refractivity contribution is -0.116. The molecule has 5 nitrogen and oxygen atoms in total. The number of aromatic nitrogens is 2. The molecule has 0 unspecified atom stereocenters. The average molecular weight is 312 g/mol. The molecule has 0 radical (unpaired) electrons. The largest absolute Gasteiger partial charge is 0.381 e. The van der Waals surface area contributed by atoms with Crippen LogP contribution in [-0.2, 0) is 24.3 Å². The van der Waals surface area contributed by atoms with Gasteiger partial charge in [-0.3, -0.25) is 9.48 Å². The summed E-state index contributed by atoms with van der Waals surface area (Å²) in [7, 11) is 0. The number of carbonyl (C=O) groups is 1. The predicted molar refractivity (Wildman–Crippen MR) is 92.6 cm³/mol.